The quantitative estimate of drug-likeness (QED) is 0.367. The number of fused-ring (bicyclic) bond motifs is 2. The number of benzene rings is 1. The normalized spacial score (nSPS) is 18.5. The number of piperidine rings is 1. The largest absolute Gasteiger partial charge is 0.376 e. The summed E-state index contributed by atoms with van der Waals surface area (Å²) in [7, 11) is 3.31. The number of hydrogen-bond donors (Lipinski definition) is 2. The van der Waals surface area contributed by atoms with Crippen LogP contribution in [0.5, 0.6) is 0 Å². The number of nitrogens with zero attached hydrogens (tertiary/aromatic N) is 4. The van der Waals surface area contributed by atoms with Crippen molar-refractivity contribution in [3.63, 3.8) is 0 Å². The molecule has 3 aliphatic heterocycles. The van der Waals surface area contributed by atoms with Crippen molar-refractivity contribution in [1.29, 1.82) is 0 Å². The summed E-state index contributed by atoms with van der Waals surface area (Å²) in [6.45, 7) is 3.10. The fraction of sp³-hybridized carbons (Fsp3) is 0.419. The summed E-state index contributed by atoms with van der Waals surface area (Å²) in [5, 5.41) is 9.74. The molecule has 0 radical (unpaired) electrons. The number of nitrogens with one attached hydrogen (secondary N) is 2. The average molecular weight is 619 g/mol. The van der Waals surface area contributed by atoms with E-state index in [9.17, 15) is 24.0 Å². The predicted molar refractivity (Wildman–Crippen MR) is 160 cm³/mol. The second kappa shape index (κ2) is 12.0. The third-order valence-corrected chi connectivity index (χ3v) is 9.60. The van der Waals surface area contributed by atoms with Gasteiger partial charge in [-0.05, 0) is 49.6 Å². The smallest absolute Gasteiger partial charge is 0.255 e. The van der Waals surface area contributed by atoms with Crippen molar-refractivity contribution in [1.82, 2.24) is 30.2 Å². The Morgan fingerprint density at radius 1 is 1.18 bits per heavy atom. The second-order valence-electron chi connectivity index (χ2n) is 11.2. The third-order valence-electron chi connectivity index (χ3n) is 8.54. The summed E-state index contributed by atoms with van der Waals surface area (Å²) >= 11 is 1.63. The number of imide groups is 1. The van der Waals surface area contributed by atoms with Crippen LogP contribution in [0.25, 0.3) is 0 Å². The second-order valence-corrected chi connectivity index (χ2v) is 12.6. The van der Waals surface area contributed by atoms with E-state index in [1.165, 1.54) is 11.9 Å². The highest BCUT2D eigenvalue weighted by molar-refractivity contribution is 7.11. The lowest BCUT2D eigenvalue weighted by molar-refractivity contribution is -0.137. The van der Waals surface area contributed by atoms with E-state index in [-0.39, 0.29) is 55.8 Å². The molecule has 6 rings (SSSR count). The number of likely N-dealkylation sites (N-methyl/N-ethyl adjacent to an activating group) is 1. The minimum atomic E-state index is -1.02. The van der Waals surface area contributed by atoms with Crippen LogP contribution in [-0.2, 0) is 52.2 Å². The Hall–Kier alpha value is -4.36. The monoisotopic (exact) mass is 618 g/mol. The molecule has 0 bridgehead atoms. The zero-order valence-corrected chi connectivity index (χ0v) is 25.7. The summed E-state index contributed by atoms with van der Waals surface area (Å²) in [5.74, 6) is -2.04. The van der Waals surface area contributed by atoms with E-state index < -0.39 is 23.9 Å². The minimum absolute atomic E-state index is 0.0416. The Balaban J connectivity index is 1.40. The summed E-state index contributed by atoms with van der Waals surface area (Å²) in [6, 6.07) is 7.17. The number of carbonyl (C=O) groups excluding carboxylic acids is 5. The molecule has 3 aromatic rings. The van der Waals surface area contributed by atoms with Crippen LogP contribution in [0, 0.1) is 6.92 Å². The Bertz CT molecular complexity index is 1680. The van der Waals surface area contributed by atoms with Crippen molar-refractivity contribution in [2.24, 2.45) is 7.05 Å². The molecule has 0 spiro atoms. The summed E-state index contributed by atoms with van der Waals surface area (Å²) in [5.41, 5.74) is 3.34. The molecule has 5 amide bonds. The molecule has 1 fully saturated rings. The third kappa shape index (κ3) is 5.30. The SMILES string of the molecule is CNC(=O)C(c1c2c(nn1C)CCOC2)N(CCc1ccc(C)s1)C(=O)c1cccc2c1CN(C1CCC(=O)NC1=O)C2=O. The Kier molecular flexibility index (Phi) is 8.08. The van der Waals surface area contributed by atoms with Crippen molar-refractivity contribution < 1.29 is 28.7 Å². The standard InChI is InChI=1S/C31H34N6O6S/c1-17-7-8-18(44-17)11-13-36(27(29(40)32-2)26-22-16-43-14-12-23(22)34-35(26)3)30(41)19-5-4-6-20-21(19)15-37(31(20)42)24-9-10-25(38)33-28(24)39/h4-8,24,27H,9-16H2,1-3H3,(H,32,40)(H,33,38,39). The lowest BCUT2D eigenvalue weighted by atomic mass is 9.98. The minimum Gasteiger partial charge on any atom is -0.376 e. The Morgan fingerprint density at radius 2 is 2.00 bits per heavy atom. The average Bonchev–Trinajstić information content (AvgIpc) is 3.68. The number of amides is 5. The van der Waals surface area contributed by atoms with Gasteiger partial charge in [0.1, 0.15) is 6.04 Å². The molecule has 1 saturated heterocycles. The number of aromatic nitrogens is 2. The molecule has 44 heavy (non-hydrogen) atoms. The van der Waals surface area contributed by atoms with Crippen LogP contribution in [0.15, 0.2) is 30.3 Å². The van der Waals surface area contributed by atoms with Gasteiger partial charge in [-0.25, -0.2) is 0 Å². The molecule has 0 aliphatic carbocycles. The highest BCUT2D eigenvalue weighted by atomic mass is 32.1. The van der Waals surface area contributed by atoms with Crippen LogP contribution in [0.4, 0.5) is 0 Å². The molecule has 13 heteroatoms. The maximum absolute atomic E-state index is 14.7. The molecule has 1 aromatic carbocycles. The van der Waals surface area contributed by atoms with Crippen LogP contribution in [0.3, 0.4) is 0 Å². The van der Waals surface area contributed by atoms with E-state index in [4.69, 9.17) is 4.74 Å². The molecule has 5 heterocycles. The van der Waals surface area contributed by atoms with E-state index >= 15 is 0 Å². The highest BCUT2D eigenvalue weighted by Crippen LogP contribution is 2.34. The van der Waals surface area contributed by atoms with Gasteiger partial charge >= 0.3 is 0 Å². The van der Waals surface area contributed by atoms with Crippen LogP contribution in [0.1, 0.15) is 71.9 Å². The van der Waals surface area contributed by atoms with Crippen molar-refractivity contribution in [3.05, 3.63) is 73.7 Å². The highest BCUT2D eigenvalue weighted by Gasteiger charge is 2.42. The number of ether oxygens (including phenoxy) is 1. The van der Waals surface area contributed by atoms with Gasteiger partial charge in [-0.3, -0.25) is 34.0 Å². The summed E-state index contributed by atoms with van der Waals surface area (Å²) in [6.07, 6.45) is 1.47. The summed E-state index contributed by atoms with van der Waals surface area (Å²) < 4.78 is 7.41. The van der Waals surface area contributed by atoms with Gasteiger partial charge in [0.25, 0.3) is 11.8 Å². The maximum atomic E-state index is 14.7. The fourth-order valence-electron chi connectivity index (χ4n) is 6.37. The van der Waals surface area contributed by atoms with Gasteiger partial charge in [-0.2, -0.15) is 5.10 Å². The molecule has 2 N–H and O–H groups in total. The predicted octanol–water partition coefficient (Wildman–Crippen LogP) is 1.80. The van der Waals surface area contributed by atoms with Gasteiger partial charge in [0.05, 0.1) is 24.6 Å². The first-order valence-electron chi connectivity index (χ1n) is 14.6. The maximum Gasteiger partial charge on any atom is 0.255 e. The first-order chi connectivity index (χ1) is 21.2. The van der Waals surface area contributed by atoms with E-state index in [0.717, 1.165) is 21.0 Å². The van der Waals surface area contributed by atoms with Gasteiger partial charge in [-0.1, -0.05) is 6.07 Å². The van der Waals surface area contributed by atoms with Crippen LogP contribution in [0.2, 0.25) is 0 Å². The molecule has 3 aliphatic rings. The van der Waals surface area contributed by atoms with E-state index in [2.05, 4.69) is 15.7 Å². The molecule has 12 nitrogen and oxygen atoms in total. The zero-order valence-electron chi connectivity index (χ0n) is 24.8. The van der Waals surface area contributed by atoms with E-state index in [0.29, 0.717) is 36.3 Å². The number of rotatable bonds is 8. The van der Waals surface area contributed by atoms with Crippen LogP contribution in [-0.4, -0.2) is 75.4 Å². The molecule has 0 saturated carbocycles. The molecule has 2 atom stereocenters. The van der Waals surface area contributed by atoms with Crippen molar-refractivity contribution in [3.8, 4) is 0 Å². The first-order valence-corrected chi connectivity index (χ1v) is 15.5. The van der Waals surface area contributed by atoms with Gasteiger partial charge < -0.3 is 19.9 Å². The Labute approximate surface area is 258 Å². The van der Waals surface area contributed by atoms with Gasteiger partial charge in [0.2, 0.25) is 17.7 Å². The number of aryl methyl sites for hydroxylation is 2. The van der Waals surface area contributed by atoms with Gasteiger partial charge in [-0.15, -0.1) is 11.3 Å². The van der Waals surface area contributed by atoms with Crippen molar-refractivity contribution in [2.75, 3.05) is 20.2 Å². The number of hydrogen-bond acceptors (Lipinski definition) is 8. The first kappa shape index (κ1) is 29.7. The lowest BCUT2D eigenvalue weighted by Crippen LogP contribution is -2.52. The fourth-order valence-corrected chi connectivity index (χ4v) is 7.25. The van der Waals surface area contributed by atoms with E-state index in [1.807, 2.05) is 19.1 Å². The number of thiophene rings is 1. The molecule has 230 valence electrons. The lowest BCUT2D eigenvalue weighted by Gasteiger charge is -2.32. The zero-order chi connectivity index (χ0) is 31.1. The van der Waals surface area contributed by atoms with Gasteiger partial charge in [0.15, 0.2) is 6.04 Å². The molecule has 2 unspecified atom stereocenters. The van der Waals surface area contributed by atoms with Crippen LogP contribution < -0.4 is 10.6 Å². The molecular weight excluding hydrogens is 584 g/mol. The number of carbonyl (C=O) groups is 5. The molecular formula is C31H34N6O6S. The van der Waals surface area contributed by atoms with Crippen molar-refractivity contribution >= 4 is 40.9 Å². The van der Waals surface area contributed by atoms with Crippen LogP contribution >= 0.6 is 11.3 Å². The topological polar surface area (TPSA) is 143 Å². The summed E-state index contributed by atoms with van der Waals surface area (Å²) in [4.78, 5) is 71.5. The molecule has 2 aromatic heterocycles. The van der Waals surface area contributed by atoms with E-state index in [1.54, 1.807) is 46.2 Å². The van der Waals surface area contributed by atoms with Crippen molar-refractivity contribution in [2.45, 2.75) is 57.8 Å². The van der Waals surface area contributed by atoms with Gasteiger partial charge in [0, 0.05) is 66.5 Å². The Morgan fingerprint density at radius 3 is 2.73 bits per heavy atom.